The molecular formula is C39H52N4O6. The maximum absolute atomic E-state index is 14.0. The lowest BCUT2D eigenvalue weighted by Crippen LogP contribution is -2.63. The van der Waals surface area contributed by atoms with E-state index in [2.05, 4.69) is 16.0 Å². The summed E-state index contributed by atoms with van der Waals surface area (Å²) in [5, 5.41) is 20.7. The van der Waals surface area contributed by atoms with Crippen LogP contribution in [0, 0.1) is 5.92 Å². The molecule has 264 valence electrons. The SMILES string of the molecule is CC(C)[C@@H](NC(=O)OCc1ccccc1)C(=O)N[C@@H](Cc1ccccc1)[C@H](O)CN1CCC[C@]1(OCc1ccccc1)C(=O)NC(C)(C)C. The number of likely N-dealkylation sites (tertiary alicyclic amines) is 1. The number of carbonyl (C=O) groups is 3. The number of aliphatic hydroxyl groups is 1. The number of rotatable bonds is 15. The van der Waals surface area contributed by atoms with Crippen LogP contribution in [0.25, 0.3) is 0 Å². The van der Waals surface area contributed by atoms with Crippen LogP contribution >= 0.6 is 0 Å². The molecule has 1 aliphatic heterocycles. The van der Waals surface area contributed by atoms with Crippen LogP contribution in [-0.4, -0.2) is 70.5 Å². The van der Waals surface area contributed by atoms with Crippen molar-refractivity contribution in [3.05, 3.63) is 108 Å². The van der Waals surface area contributed by atoms with Crippen LogP contribution in [0.1, 0.15) is 64.2 Å². The molecule has 0 aliphatic carbocycles. The zero-order valence-corrected chi connectivity index (χ0v) is 29.4. The van der Waals surface area contributed by atoms with Crippen LogP contribution in [0.5, 0.6) is 0 Å². The highest BCUT2D eigenvalue weighted by Crippen LogP contribution is 2.33. The quantitative estimate of drug-likeness (QED) is 0.180. The van der Waals surface area contributed by atoms with Gasteiger partial charge in [0, 0.05) is 25.0 Å². The summed E-state index contributed by atoms with van der Waals surface area (Å²) in [6.45, 7) is 10.3. The normalized spacial score (nSPS) is 18.3. The number of hydrogen-bond acceptors (Lipinski definition) is 7. The molecule has 1 aliphatic rings. The molecule has 0 aromatic heterocycles. The summed E-state index contributed by atoms with van der Waals surface area (Å²) >= 11 is 0. The fourth-order valence-electron chi connectivity index (χ4n) is 5.99. The number of hydrogen-bond donors (Lipinski definition) is 4. The van der Waals surface area contributed by atoms with E-state index in [4.69, 9.17) is 9.47 Å². The number of benzene rings is 3. The topological polar surface area (TPSA) is 129 Å². The monoisotopic (exact) mass is 672 g/mol. The van der Waals surface area contributed by atoms with Crippen LogP contribution in [0.2, 0.25) is 0 Å². The van der Waals surface area contributed by atoms with Gasteiger partial charge in [0.25, 0.3) is 5.91 Å². The molecule has 1 fully saturated rings. The number of β-amino-alcohol motifs (C(OH)–C–C–N with tert-alkyl or cyclic N) is 1. The lowest BCUT2D eigenvalue weighted by molar-refractivity contribution is -0.180. The van der Waals surface area contributed by atoms with Crippen molar-refractivity contribution >= 4 is 17.9 Å². The van der Waals surface area contributed by atoms with E-state index in [1.807, 2.05) is 131 Å². The largest absolute Gasteiger partial charge is 0.445 e. The summed E-state index contributed by atoms with van der Waals surface area (Å²) in [7, 11) is 0. The fraction of sp³-hybridized carbons (Fsp3) is 0.462. The average molecular weight is 673 g/mol. The summed E-state index contributed by atoms with van der Waals surface area (Å²) in [5.74, 6) is -0.968. The molecule has 3 aromatic rings. The number of ether oxygens (including phenoxy) is 2. The van der Waals surface area contributed by atoms with Gasteiger partial charge in [-0.1, -0.05) is 105 Å². The molecule has 4 rings (SSSR count). The van der Waals surface area contributed by atoms with Gasteiger partial charge < -0.3 is 30.5 Å². The first-order chi connectivity index (χ1) is 23.4. The van der Waals surface area contributed by atoms with Crippen molar-refractivity contribution < 1.29 is 29.0 Å². The Bertz CT molecular complexity index is 1480. The zero-order valence-electron chi connectivity index (χ0n) is 29.4. The van der Waals surface area contributed by atoms with Crippen LogP contribution in [0.4, 0.5) is 4.79 Å². The van der Waals surface area contributed by atoms with Gasteiger partial charge in [0.15, 0.2) is 0 Å². The first-order valence-corrected chi connectivity index (χ1v) is 17.1. The minimum atomic E-state index is -1.31. The van der Waals surface area contributed by atoms with E-state index in [-0.39, 0.29) is 31.6 Å². The Morgan fingerprint density at radius 1 is 0.837 bits per heavy atom. The Morgan fingerprint density at radius 3 is 1.94 bits per heavy atom. The molecule has 1 saturated heterocycles. The highest BCUT2D eigenvalue weighted by atomic mass is 16.5. The molecule has 3 aromatic carbocycles. The minimum Gasteiger partial charge on any atom is -0.445 e. The Kier molecular flexibility index (Phi) is 13.4. The Labute approximate surface area is 290 Å². The highest BCUT2D eigenvalue weighted by molar-refractivity contribution is 5.86. The van der Waals surface area contributed by atoms with Crippen molar-refractivity contribution in [2.75, 3.05) is 13.1 Å². The lowest BCUT2D eigenvalue weighted by Gasteiger charge is -2.40. The van der Waals surface area contributed by atoms with Gasteiger partial charge >= 0.3 is 6.09 Å². The Hall–Kier alpha value is -4.25. The highest BCUT2D eigenvalue weighted by Gasteiger charge is 2.50. The molecule has 4 N–H and O–H groups in total. The molecule has 3 amide bonds. The number of nitrogens with zero attached hydrogens (tertiary/aromatic N) is 1. The number of alkyl carbamates (subject to hydrolysis) is 1. The summed E-state index contributed by atoms with van der Waals surface area (Å²) < 4.78 is 11.9. The molecule has 10 heteroatoms. The van der Waals surface area contributed by atoms with Crippen LogP contribution in [-0.2, 0) is 38.7 Å². The predicted octanol–water partition coefficient (Wildman–Crippen LogP) is 4.95. The second-order valence-corrected chi connectivity index (χ2v) is 14.1. The van der Waals surface area contributed by atoms with Crippen molar-refractivity contribution in [1.82, 2.24) is 20.9 Å². The molecule has 0 saturated carbocycles. The molecule has 0 bridgehead atoms. The number of amides is 3. The zero-order chi connectivity index (χ0) is 35.4. The van der Waals surface area contributed by atoms with Crippen molar-refractivity contribution in [3.8, 4) is 0 Å². The van der Waals surface area contributed by atoms with E-state index >= 15 is 0 Å². The molecule has 49 heavy (non-hydrogen) atoms. The summed E-state index contributed by atoms with van der Waals surface area (Å²) in [4.78, 5) is 42.4. The van der Waals surface area contributed by atoms with Crippen LogP contribution in [0.15, 0.2) is 91.0 Å². The minimum absolute atomic E-state index is 0.0706. The summed E-state index contributed by atoms with van der Waals surface area (Å²) in [6.07, 6.45) is -0.313. The second kappa shape index (κ2) is 17.4. The van der Waals surface area contributed by atoms with Crippen molar-refractivity contribution in [1.29, 1.82) is 0 Å². The molecule has 10 nitrogen and oxygen atoms in total. The van der Waals surface area contributed by atoms with Gasteiger partial charge in [0.2, 0.25) is 11.6 Å². The molecular weight excluding hydrogens is 620 g/mol. The number of aliphatic hydroxyl groups excluding tert-OH is 1. The van der Waals surface area contributed by atoms with Crippen molar-refractivity contribution in [3.63, 3.8) is 0 Å². The average Bonchev–Trinajstić information content (AvgIpc) is 3.48. The lowest BCUT2D eigenvalue weighted by atomic mass is 9.97. The van der Waals surface area contributed by atoms with E-state index in [1.54, 1.807) is 0 Å². The maximum Gasteiger partial charge on any atom is 0.408 e. The van der Waals surface area contributed by atoms with E-state index in [0.717, 1.165) is 16.7 Å². The van der Waals surface area contributed by atoms with Crippen molar-refractivity contribution in [2.24, 2.45) is 5.92 Å². The van der Waals surface area contributed by atoms with Gasteiger partial charge in [-0.3, -0.25) is 14.5 Å². The van der Waals surface area contributed by atoms with Crippen molar-refractivity contribution in [2.45, 2.75) is 96.5 Å². The van der Waals surface area contributed by atoms with E-state index < -0.39 is 41.5 Å². The van der Waals surface area contributed by atoms with Crippen LogP contribution < -0.4 is 16.0 Å². The third kappa shape index (κ3) is 11.1. The standard InChI is InChI=1S/C39H52N4O6/c1-28(2)34(41-37(47)48-26-30-18-11-7-12-19-30)35(45)40-32(24-29-16-9-6-10-17-29)33(44)25-43-23-15-22-39(43,36(46)42-38(3,4)5)49-27-31-20-13-8-14-21-31/h6-14,16-21,28,32-34,44H,15,22-27H2,1-5H3,(H,40,45)(H,41,47)(H,42,46)/t32-,33+,34+,39-/m0/s1. The van der Waals surface area contributed by atoms with Gasteiger partial charge in [-0.05, 0) is 56.2 Å². The molecule has 0 radical (unpaired) electrons. The van der Waals surface area contributed by atoms with E-state index in [1.165, 1.54) is 0 Å². The summed E-state index contributed by atoms with van der Waals surface area (Å²) in [5.41, 5.74) is 0.868. The third-order valence-corrected chi connectivity index (χ3v) is 8.55. The molecule has 0 unspecified atom stereocenters. The Balaban J connectivity index is 1.52. The van der Waals surface area contributed by atoms with Gasteiger partial charge in [-0.2, -0.15) is 0 Å². The van der Waals surface area contributed by atoms with E-state index in [9.17, 15) is 19.5 Å². The van der Waals surface area contributed by atoms with E-state index in [0.29, 0.717) is 25.8 Å². The summed E-state index contributed by atoms with van der Waals surface area (Å²) in [6, 6.07) is 26.9. The van der Waals surface area contributed by atoms with Gasteiger partial charge in [-0.15, -0.1) is 0 Å². The van der Waals surface area contributed by atoms with Gasteiger partial charge in [0.1, 0.15) is 12.6 Å². The van der Waals surface area contributed by atoms with Gasteiger partial charge in [-0.25, -0.2) is 4.79 Å². The first kappa shape index (κ1) is 37.6. The van der Waals surface area contributed by atoms with Gasteiger partial charge in [0.05, 0.1) is 18.8 Å². The molecule has 1 heterocycles. The smallest absolute Gasteiger partial charge is 0.408 e. The third-order valence-electron chi connectivity index (χ3n) is 8.55. The number of carbonyl (C=O) groups excluding carboxylic acids is 3. The number of nitrogens with one attached hydrogen (secondary N) is 3. The van der Waals surface area contributed by atoms with Crippen LogP contribution in [0.3, 0.4) is 0 Å². The first-order valence-electron chi connectivity index (χ1n) is 17.1. The molecule has 0 spiro atoms. The maximum atomic E-state index is 14.0. The molecule has 4 atom stereocenters. The predicted molar refractivity (Wildman–Crippen MR) is 189 cm³/mol. The Morgan fingerprint density at radius 2 is 1.39 bits per heavy atom. The fourth-order valence-corrected chi connectivity index (χ4v) is 5.99. The second-order valence-electron chi connectivity index (χ2n) is 14.1.